The fraction of sp³-hybridized carbons (Fsp3) is 1.00. The third-order valence-corrected chi connectivity index (χ3v) is 4.88. The summed E-state index contributed by atoms with van der Waals surface area (Å²) >= 11 is 0. The Bertz CT molecular complexity index is 243. The Kier molecular flexibility index (Phi) is 8.74. The van der Waals surface area contributed by atoms with Crippen LogP contribution in [0.25, 0.3) is 0 Å². The summed E-state index contributed by atoms with van der Waals surface area (Å²) in [4.78, 5) is 2.65. The molecule has 0 bridgehead atoms. The Balaban J connectivity index is 2.56. The van der Waals surface area contributed by atoms with Gasteiger partial charge >= 0.3 is 0 Å². The predicted molar refractivity (Wildman–Crippen MR) is 87.2 cm³/mol. The van der Waals surface area contributed by atoms with E-state index in [-0.39, 0.29) is 0 Å². The van der Waals surface area contributed by atoms with Gasteiger partial charge in [0.2, 0.25) is 0 Å². The van der Waals surface area contributed by atoms with E-state index in [4.69, 9.17) is 4.74 Å². The summed E-state index contributed by atoms with van der Waals surface area (Å²) in [5, 5.41) is 3.76. The molecule has 0 aromatic carbocycles. The maximum absolute atomic E-state index is 5.31. The third kappa shape index (κ3) is 6.11. The number of nitrogens with zero attached hydrogens (tertiary/aromatic N) is 1. The average Bonchev–Trinajstić information content (AvgIpc) is 3.29. The Morgan fingerprint density at radius 3 is 2.45 bits per heavy atom. The molecule has 0 amide bonds. The maximum Gasteiger partial charge on any atom is 0.0589 e. The van der Waals surface area contributed by atoms with Crippen molar-refractivity contribution >= 4 is 0 Å². The first-order chi connectivity index (χ1) is 9.63. The lowest BCUT2D eigenvalue weighted by Crippen LogP contribution is -2.49. The van der Waals surface area contributed by atoms with Gasteiger partial charge in [0.25, 0.3) is 0 Å². The fourth-order valence-electron chi connectivity index (χ4n) is 2.86. The molecule has 0 aromatic heterocycles. The minimum Gasteiger partial charge on any atom is -0.383 e. The molecular formula is C17H36N2O. The van der Waals surface area contributed by atoms with Crippen LogP contribution in [0, 0.1) is 11.8 Å². The molecule has 3 atom stereocenters. The molecule has 0 saturated heterocycles. The van der Waals surface area contributed by atoms with E-state index >= 15 is 0 Å². The molecule has 1 N–H and O–H groups in total. The molecule has 0 spiro atoms. The molecule has 0 heterocycles. The van der Waals surface area contributed by atoms with E-state index in [1.807, 2.05) is 0 Å². The van der Waals surface area contributed by atoms with Crippen molar-refractivity contribution < 1.29 is 4.74 Å². The van der Waals surface area contributed by atoms with Crippen molar-refractivity contribution in [3.8, 4) is 0 Å². The van der Waals surface area contributed by atoms with Crippen LogP contribution in [0.4, 0.5) is 0 Å². The Morgan fingerprint density at radius 1 is 1.25 bits per heavy atom. The molecular weight excluding hydrogens is 248 g/mol. The average molecular weight is 284 g/mol. The monoisotopic (exact) mass is 284 g/mol. The molecule has 1 rings (SSSR count). The zero-order chi connectivity index (χ0) is 15.0. The molecule has 1 fully saturated rings. The van der Waals surface area contributed by atoms with E-state index in [0.717, 1.165) is 38.1 Å². The predicted octanol–water partition coefficient (Wildman–Crippen LogP) is 3.15. The van der Waals surface area contributed by atoms with Gasteiger partial charge < -0.3 is 10.1 Å². The standard InChI is InChI=1S/C17H36N2O/c1-6-10-18-17(14(3)7-2)13-19(11-12-20-5)15(4)16-8-9-16/h14-18H,6-13H2,1-5H3. The molecule has 0 aromatic rings. The highest BCUT2D eigenvalue weighted by Gasteiger charge is 2.33. The van der Waals surface area contributed by atoms with Crippen LogP contribution in [0.3, 0.4) is 0 Å². The molecule has 1 aliphatic rings. The molecule has 3 nitrogen and oxygen atoms in total. The van der Waals surface area contributed by atoms with E-state index in [1.54, 1.807) is 7.11 Å². The van der Waals surface area contributed by atoms with Crippen LogP contribution in [0.5, 0.6) is 0 Å². The lowest BCUT2D eigenvalue weighted by molar-refractivity contribution is 0.100. The number of ether oxygens (including phenoxy) is 1. The van der Waals surface area contributed by atoms with Gasteiger partial charge in [-0.3, -0.25) is 4.90 Å². The van der Waals surface area contributed by atoms with Crippen molar-refractivity contribution in [3.63, 3.8) is 0 Å². The van der Waals surface area contributed by atoms with Crippen LogP contribution < -0.4 is 5.32 Å². The second-order valence-electron chi connectivity index (χ2n) is 6.51. The first kappa shape index (κ1) is 17.9. The summed E-state index contributed by atoms with van der Waals surface area (Å²) in [6.07, 6.45) is 5.29. The molecule has 1 aliphatic carbocycles. The Hall–Kier alpha value is -0.120. The summed E-state index contributed by atoms with van der Waals surface area (Å²) in [7, 11) is 1.81. The highest BCUT2D eigenvalue weighted by atomic mass is 16.5. The van der Waals surface area contributed by atoms with Crippen molar-refractivity contribution in [2.45, 2.75) is 65.5 Å². The van der Waals surface area contributed by atoms with Gasteiger partial charge in [-0.05, 0) is 44.6 Å². The number of methoxy groups -OCH3 is 1. The summed E-state index contributed by atoms with van der Waals surface area (Å²) in [5.74, 6) is 1.66. The zero-order valence-corrected chi connectivity index (χ0v) is 14.3. The highest BCUT2D eigenvalue weighted by molar-refractivity contribution is 4.88. The summed E-state index contributed by atoms with van der Waals surface area (Å²) < 4.78 is 5.31. The lowest BCUT2D eigenvalue weighted by Gasteiger charge is -2.35. The van der Waals surface area contributed by atoms with E-state index < -0.39 is 0 Å². The Morgan fingerprint density at radius 2 is 1.95 bits per heavy atom. The van der Waals surface area contributed by atoms with Gasteiger partial charge in [0.05, 0.1) is 6.61 Å². The molecule has 20 heavy (non-hydrogen) atoms. The third-order valence-electron chi connectivity index (χ3n) is 4.88. The first-order valence-corrected chi connectivity index (χ1v) is 8.60. The number of rotatable bonds is 12. The number of hydrogen-bond donors (Lipinski definition) is 1. The summed E-state index contributed by atoms with van der Waals surface area (Å²) in [6.45, 7) is 13.5. The minimum atomic E-state index is 0.609. The molecule has 1 saturated carbocycles. The Labute approximate surface area is 126 Å². The summed E-state index contributed by atoms with van der Waals surface area (Å²) in [5.41, 5.74) is 0. The largest absolute Gasteiger partial charge is 0.383 e. The van der Waals surface area contributed by atoms with E-state index in [1.165, 1.54) is 25.7 Å². The van der Waals surface area contributed by atoms with Crippen LogP contribution in [-0.2, 0) is 4.74 Å². The zero-order valence-electron chi connectivity index (χ0n) is 14.3. The van der Waals surface area contributed by atoms with Gasteiger partial charge in [-0.25, -0.2) is 0 Å². The van der Waals surface area contributed by atoms with Crippen molar-refractivity contribution in [2.24, 2.45) is 11.8 Å². The summed E-state index contributed by atoms with van der Waals surface area (Å²) in [6, 6.07) is 1.32. The molecule has 3 unspecified atom stereocenters. The number of hydrogen-bond acceptors (Lipinski definition) is 3. The number of nitrogens with one attached hydrogen (secondary N) is 1. The van der Waals surface area contributed by atoms with Crippen LogP contribution >= 0.6 is 0 Å². The molecule has 0 aliphatic heterocycles. The normalized spacial score (nSPS) is 20.1. The van der Waals surface area contributed by atoms with Gasteiger partial charge in [0, 0.05) is 32.3 Å². The van der Waals surface area contributed by atoms with Crippen LogP contribution in [0.15, 0.2) is 0 Å². The van der Waals surface area contributed by atoms with Crippen LogP contribution in [0.1, 0.15) is 53.4 Å². The second kappa shape index (κ2) is 9.75. The van der Waals surface area contributed by atoms with Gasteiger partial charge in [-0.2, -0.15) is 0 Å². The van der Waals surface area contributed by atoms with Crippen molar-refractivity contribution in [1.82, 2.24) is 10.2 Å². The molecule has 120 valence electrons. The first-order valence-electron chi connectivity index (χ1n) is 8.60. The van der Waals surface area contributed by atoms with E-state index in [9.17, 15) is 0 Å². The lowest BCUT2D eigenvalue weighted by atomic mass is 9.97. The smallest absolute Gasteiger partial charge is 0.0589 e. The van der Waals surface area contributed by atoms with Gasteiger partial charge in [0.1, 0.15) is 0 Å². The highest BCUT2D eigenvalue weighted by Crippen LogP contribution is 2.35. The van der Waals surface area contributed by atoms with Crippen molar-refractivity contribution in [1.29, 1.82) is 0 Å². The van der Waals surface area contributed by atoms with Crippen LogP contribution in [-0.4, -0.2) is 50.3 Å². The van der Waals surface area contributed by atoms with Gasteiger partial charge in [-0.15, -0.1) is 0 Å². The van der Waals surface area contributed by atoms with E-state index in [2.05, 4.69) is 37.9 Å². The van der Waals surface area contributed by atoms with E-state index in [0.29, 0.717) is 12.1 Å². The SMILES string of the molecule is CCCNC(CN(CCOC)C(C)C1CC1)C(C)CC. The van der Waals surface area contributed by atoms with Gasteiger partial charge in [-0.1, -0.05) is 27.2 Å². The van der Waals surface area contributed by atoms with Crippen LogP contribution in [0.2, 0.25) is 0 Å². The van der Waals surface area contributed by atoms with Crippen molar-refractivity contribution in [3.05, 3.63) is 0 Å². The fourth-order valence-corrected chi connectivity index (χ4v) is 2.86. The maximum atomic E-state index is 5.31. The topological polar surface area (TPSA) is 24.5 Å². The van der Waals surface area contributed by atoms with Gasteiger partial charge in [0.15, 0.2) is 0 Å². The minimum absolute atomic E-state index is 0.609. The molecule has 3 heteroatoms. The quantitative estimate of drug-likeness (QED) is 0.596. The second-order valence-corrected chi connectivity index (χ2v) is 6.51. The molecule has 0 radical (unpaired) electrons. The van der Waals surface area contributed by atoms with Crippen molar-refractivity contribution in [2.75, 3.05) is 33.4 Å².